The summed E-state index contributed by atoms with van der Waals surface area (Å²) in [5.41, 5.74) is 0.379. The molecular formula is C20H24N4O7. The van der Waals surface area contributed by atoms with Gasteiger partial charge in [0.15, 0.2) is 11.4 Å². The zero-order chi connectivity index (χ0) is 22.8. The number of nitrogens with zero attached hydrogens (tertiary/aromatic N) is 2. The van der Waals surface area contributed by atoms with Crippen molar-refractivity contribution >= 4 is 40.4 Å². The number of nitrogens with one attached hydrogen (secondary N) is 2. The summed E-state index contributed by atoms with van der Waals surface area (Å²) in [7, 11) is 1.23. The van der Waals surface area contributed by atoms with Crippen LogP contribution in [0.5, 0.6) is 0 Å². The molecule has 0 saturated heterocycles. The van der Waals surface area contributed by atoms with Crippen LogP contribution < -0.4 is 10.6 Å². The molecule has 31 heavy (non-hydrogen) atoms. The summed E-state index contributed by atoms with van der Waals surface area (Å²) in [4.78, 5) is 38.2. The Morgan fingerprint density at radius 1 is 1.32 bits per heavy atom. The highest BCUT2D eigenvalue weighted by Gasteiger charge is 2.34. The second-order valence-electron chi connectivity index (χ2n) is 7.79. The van der Waals surface area contributed by atoms with E-state index in [1.807, 2.05) is 0 Å². The fourth-order valence-corrected chi connectivity index (χ4v) is 3.00. The highest BCUT2D eigenvalue weighted by atomic mass is 16.6. The highest BCUT2D eigenvalue weighted by Crippen LogP contribution is 2.29. The van der Waals surface area contributed by atoms with Gasteiger partial charge in [-0.05, 0) is 39.0 Å². The van der Waals surface area contributed by atoms with Gasteiger partial charge in [0.2, 0.25) is 0 Å². The fourth-order valence-electron chi connectivity index (χ4n) is 3.00. The second-order valence-corrected chi connectivity index (χ2v) is 7.79. The number of β-amino-alcohol motifs (C(OH)–C–C–N with tert-alkyl or cyclic N) is 1. The van der Waals surface area contributed by atoms with E-state index in [2.05, 4.69) is 15.8 Å². The Balaban J connectivity index is 1.88. The van der Waals surface area contributed by atoms with Crippen LogP contribution in [0.15, 0.2) is 34.0 Å². The number of aliphatic hydroxyl groups excluding tert-OH is 1. The molecule has 166 valence electrons. The van der Waals surface area contributed by atoms with Gasteiger partial charge in [-0.2, -0.15) is 0 Å². The summed E-state index contributed by atoms with van der Waals surface area (Å²) in [6, 6.07) is 4.85. The van der Waals surface area contributed by atoms with Gasteiger partial charge < -0.3 is 29.3 Å². The van der Waals surface area contributed by atoms with Crippen molar-refractivity contribution in [3.8, 4) is 0 Å². The average Bonchev–Trinajstić information content (AvgIpc) is 3.22. The van der Waals surface area contributed by atoms with Crippen LogP contribution in [0.1, 0.15) is 20.8 Å². The number of carbonyl (C=O) groups is 3. The van der Waals surface area contributed by atoms with E-state index in [4.69, 9.17) is 19.1 Å². The molecule has 1 aromatic heterocycles. The van der Waals surface area contributed by atoms with Crippen LogP contribution in [0.3, 0.4) is 0 Å². The molecule has 2 amide bonds. The molecule has 0 atom stereocenters. The van der Waals surface area contributed by atoms with E-state index in [1.54, 1.807) is 39.0 Å². The predicted octanol–water partition coefficient (Wildman–Crippen LogP) is 1.85. The number of carbonyl (C=O) groups excluding carboxylic acids is 3. The number of ether oxygens (including phenoxy) is 2. The molecule has 1 aromatic carbocycles. The molecule has 0 radical (unpaired) electrons. The lowest BCUT2D eigenvalue weighted by Crippen LogP contribution is -2.31. The normalized spacial score (nSPS) is 14.2. The minimum Gasteiger partial charge on any atom is -0.466 e. The molecule has 2 aromatic rings. The number of benzene rings is 1. The number of fused-ring (bicyclic) bond motifs is 1. The van der Waals surface area contributed by atoms with Crippen LogP contribution in [-0.4, -0.2) is 65.5 Å². The van der Waals surface area contributed by atoms with Crippen LogP contribution in [0, 0.1) is 0 Å². The predicted molar refractivity (Wildman–Crippen MR) is 110 cm³/mol. The first-order valence-electron chi connectivity index (χ1n) is 9.51. The maximum absolute atomic E-state index is 12.7. The highest BCUT2D eigenvalue weighted by molar-refractivity contribution is 6.09. The Morgan fingerprint density at radius 2 is 2.06 bits per heavy atom. The smallest absolute Gasteiger partial charge is 0.413 e. The van der Waals surface area contributed by atoms with Crippen molar-refractivity contribution in [2.45, 2.75) is 26.4 Å². The van der Waals surface area contributed by atoms with Gasteiger partial charge >= 0.3 is 12.1 Å². The molecule has 11 heteroatoms. The van der Waals surface area contributed by atoms with Crippen molar-refractivity contribution in [3.63, 3.8) is 0 Å². The molecular weight excluding hydrogens is 408 g/mol. The van der Waals surface area contributed by atoms with E-state index >= 15 is 0 Å². The van der Waals surface area contributed by atoms with E-state index in [0.717, 1.165) is 0 Å². The van der Waals surface area contributed by atoms with Gasteiger partial charge in [-0.1, -0.05) is 5.16 Å². The summed E-state index contributed by atoms with van der Waals surface area (Å²) in [5.74, 6) is -0.934. The van der Waals surface area contributed by atoms with Gasteiger partial charge in [0.25, 0.3) is 5.91 Å². The van der Waals surface area contributed by atoms with Crippen LogP contribution in [-0.2, 0) is 19.1 Å². The SMILES string of the molecule is COC(=O)C1=C(Nc2ccc3onc(NC(=O)OC(C)(C)C)c3c2)C(=O)N(CCO)C1. The molecule has 0 bridgehead atoms. The molecule has 0 saturated carbocycles. The van der Waals surface area contributed by atoms with Crippen molar-refractivity contribution in [1.82, 2.24) is 10.1 Å². The van der Waals surface area contributed by atoms with E-state index < -0.39 is 23.6 Å². The van der Waals surface area contributed by atoms with E-state index in [9.17, 15) is 14.4 Å². The number of anilines is 2. The van der Waals surface area contributed by atoms with Crippen molar-refractivity contribution in [2.24, 2.45) is 0 Å². The van der Waals surface area contributed by atoms with Crippen LogP contribution >= 0.6 is 0 Å². The van der Waals surface area contributed by atoms with Gasteiger partial charge in [-0.3, -0.25) is 10.1 Å². The van der Waals surface area contributed by atoms with Gasteiger partial charge in [-0.15, -0.1) is 0 Å². The van der Waals surface area contributed by atoms with Crippen molar-refractivity contribution in [2.75, 3.05) is 37.4 Å². The van der Waals surface area contributed by atoms with Gasteiger partial charge in [-0.25, -0.2) is 9.59 Å². The van der Waals surface area contributed by atoms with Gasteiger partial charge in [0.1, 0.15) is 11.3 Å². The van der Waals surface area contributed by atoms with Crippen molar-refractivity contribution in [3.05, 3.63) is 29.5 Å². The third kappa shape index (κ3) is 4.94. The zero-order valence-electron chi connectivity index (χ0n) is 17.6. The first-order valence-corrected chi connectivity index (χ1v) is 9.51. The van der Waals surface area contributed by atoms with Crippen LogP contribution in [0.4, 0.5) is 16.3 Å². The molecule has 1 aliphatic heterocycles. The van der Waals surface area contributed by atoms with E-state index in [0.29, 0.717) is 16.7 Å². The molecule has 3 N–H and O–H groups in total. The van der Waals surface area contributed by atoms with Crippen molar-refractivity contribution < 1.29 is 33.5 Å². The molecule has 3 rings (SSSR count). The number of esters is 1. The fraction of sp³-hybridized carbons (Fsp3) is 0.400. The third-order valence-corrected chi connectivity index (χ3v) is 4.31. The molecule has 0 fully saturated rings. The first kappa shape index (κ1) is 22.1. The summed E-state index contributed by atoms with van der Waals surface area (Å²) in [5, 5.41) is 18.9. The summed E-state index contributed by atoms with van der Waals surface area (Å²) >= 11 is 0. The molecule has 2 heterocycles. The number of hydrogen-bond donors (Lipinski definition) is 3. The lowest BCUT2D eigenvalue weighted by molar-refractivity contribution is -0.136. The second kappa shape index (κ2) is 8.64. The summed E-state index contributed by atoms with van der Waals surface area (Å²) in [6.07, 6.45) is -0.692. The summed E-state index contributed by atoms with van der Waals surface area (Å²) < 4.78 is 15.2. The topological polar surface area (TPSA) is 143 Å². The standard InChI is InChI=1S/C20H24N4O7/c1-20(2,3)30-19(28)22-16-12-9-11(5-6-14(12)31-23-16)21-15-13(18(27)29-4)10-24(7-8-25)17(15)26/h5-6,9,21,25H,7-8,10H2,1-4H3,(H,22,23,28). The number of methoxy groups -OCH3 is 1. The van der Waals surface area contributed by atoms with Crippen LogP contribution in [0.25, 0.3) is 11.0 Å². The van der Waals surface area contributed by atoms with Gasteiger partial charge in [0, 0.05) is 12.2 Å². The number of amides is 2. The minimum atomic E-state index is -0.692. The number of aromatic nitrogens is 1. The number of rotatable bonds is 6. The molecule has 11 nitrogen and oxygen atoms in total. The average molecular weight is 432 g/mol. The molecule has 0 unspecified atom stereocenters. The largest absolute Gasteiger partial charge is 0.466 e. The number of aliphatic hydroxyl groups is 1. The summed E-state index contributed by atoms with van der Waals surface area (Å²) in [6.45, 7) is 5.08. The molecule has 0 spiro atoms. The Bertz CT molecular complexity index is 1050. The maximum Gasteiger partial charge on any atom is 0.413 e. The Labute approximate surface area is 177 Å². The molecule has 1 aliphatic rings. The maximum atomic E-state index is 12.7. The van der Waals surface area contributed by atoms with Crippen molar-refractivity contribution in [1.29, 1.82) is 0 Å². The first-order chi connectivity index (χ1) is 14.6. The lowest BCUT2D eigenvalue weighted by atomic mass is 10.2. The minimum absolute atomic E-state index is 0.0232. The Kier molecular flexibility index (Phi) is 6.16. The van der Waals surface area contributed by atoms with E-state index in [-0.39, 0.29) is 36.8 Å². The number of hydrogen-bond acceptors (Lipinski definition) is 9. The molecule has 0 aliphatic carbocycles. The Hall–Kier alpha value is -3.60. The van der Waals surface area contributed by atoms with Gasteiger partial charge in [0.05, 0.1) is 31.2 Å². The third-order valence-electron chi connectivity index (χ3n) is 4.31. The quantitative estimate of drug-likeness (QED) is 0.583. The lowest BCUT2D eigenvalue weighted by Gasteiger charge is -2.19. The van der Waals surface area contributed by atoms with E-state index in [1.165, 1.54) is 12.0 Å². The zero-order valence-corrected chi connectivity index (χ0v) is 17.6. The Morgan fingerprint density at radius 3 is 2.71 bits per heavy atom. The monoisotopic (exact) mass is 432 g/mol. The van der Waals surface area contributed by atoms with Crippen LogP contribution in [0.2, 0.25) is 0 Å².